The third-order valence-corrected chi connectivity index (χ3v) is 5.83. The van der Waals surface area contributed by atoms with Gasteiger partial charge in [-0.15, -0.1) is 0 Å². The van der Waals surface area contributed by atoms with Crippen molar-refractivity contribution in [3.05, 3.63) is 64.7 Å². The van der Waals surface area contributed by atoms with Crippen molar-refractivity contribution in [2.75, 3.05) is 13.2 Å². The van der Waals surface area contributed by atoms with E-state index in [1.807, 2.05) is 30.3 Å². The molecule has 0 saturated heterocycles. The maximum Gasteiger partial charge on any atom is 0.256 e. The van der Waals surface area contributed by atoms with Gasteiger partial charge in [0.1, 0.15) is 12.4 Å². The number of hydrogen-bond donors (Lipinski definition) is 2. The van der Waals surface area contributed by atoms with E-state index in [0.29, 0.717) is 40.3 Å². The first-order valence-electron chi connectivity index (χ1n) is 10.6. The van der Waals surface area contributed by atoms with Gasteiger partial charge in [0.2, 0.25) is 12.2 Å². The fourth-order valence-electron chi connectivity index (χ4n) is 3.60. The minimum Gasteiger partial charge on any atom is -0.487 e. The largest absolute Gasteiger partial charge is 0.487 e. The molecule has 1 aliphatic carbocycles. The molecular weight excluding hydrogens is 430 g/mol. The van der Waals surface area contributed by atoms with E-state index in [1.165, 1.54) is 5.01 Å². The van der Waals surface area contributed by atoms with Crippen molar-refractivity contribution in [3.63, 3.8) is 0 Å². The second-order valence-corrected chi connectivity index (χ2v) is 8.40. The molecule has 2 amide bonds. The van der Waals surface area contributed by atoms with Crippen LogP contribution in [0.3, 0.4) is 0 Å². The topological polar surface area (TPSA) is 95.4 Å². The molecule has 0 bridgehead atoms. The van der Waals surface area contributed by atoms with Crippen LogP contribution in [0, 0.1) is 5.92 Å². The second-order valence-electron chi connectivity index (χ2n) is 7.99. The average molecular weight is 452 g/mol. The molecule has 2 heterocycles. The zero-order valence-corrected chi connectivity index (χ0v) is 18.0. The molecule has 1 atom stereocenters. The molecule has 0 spiro atoms. The Kier molecular flexibility index (Phi) is 5.53. The van der Waals surface area contributed by atoms with Gasteiger partial charge in [0, 0.05) is 12.1 Å². The molecule has 1 saturated carbocycles. The van der Waals surface area contributed by atoms with Crippen LogP contribution in [0.1, 0.15) is 35.2 Å². The maximum absolute atomic E-state index is 12.6. The van der Waals surface area contributed by atoms with Crippen LogP contribution in [0.15, 0.2) is 58.5 Å². The van der Waals surface area contributed by atoms with Gasteiger partial charge in [-0.3, -0.25) is 15.0 Å². The predicted molar refractivity (Wildman–Crippen MR) is 121 cm³/mol. The monoisotopic (exact) mass is 451 g/mol. The van der Waals surface area contributed by atoms with Crippen LogP contribution in [0.2, 0.25) is 5.02 Å². The van der Waals surface area contributed by atoms with Crippen LogP contribution in [0.25, 0.3) is 0 Å². The SMILES string of the molecule is O=C(NCC1CC1)c1c(Cl)cccc1OCC1=NC2N=C(c3ccccc3)NN2C(=O)C1. The summed E-state index contributed by atoms with van der Waals surface area (Å²) in [6.45, 7) is 0.701. The van der Waals surface area contributed by atoms with E-state index in [-0.39, 0.29) is 24.8 Å². The number of carbonyl (C=O) groups is 2. The van der Waals surface area contributed by atoms with E-state index >= 15 is 0 Å². The van der Waals surface area contributed by atoms with Crippen molar-refractivity contribution in [2.45, 2.75) is 25.6 Å². The normalized spacial score (nSPS) is 19.6. The van der Waals surface area contributed by atoms with Crippen LogP contribution in [-0.4, -0.2) is 47.8 Å². The number of hydrazine groups is 1. The van der Waals surface area contributed by atoms with Crippen molar-refractivity contribution < 1.29 is 14.3 Å². The summed E-state index contributed by atoms with van der Waals surface area (Å²) in [6, 6.07) is 14.6. The summed E-state index contributed by atoms with van der Waals surface area (Å²) in [5, 5.41) is 4.66. The minimum atomic E-state index is -0.675. The van der Waals surface area contributed by atoms with Crippen LogP contribution in [0.4, 0.5) is 0 Å². The number of aliphatic imine (C=N–C) groups is 2. The number of carbonyl (C=O) groups excluding carboxylic acids is 2. The van der Waals surface area contributed by atoms with Crippen LogP contribution < -0.4 is 15.5 Å². The molecule has 5 rings (SSSR count). The Bertz CT molecular complexity index is 1110. The van der Waals surface area contributed by atoms with Gasteiger partial charge in [-0.1, -0.05) is 48.0 Å². The lowest BCUT2D eigenvalue weighted by Gasteiger charge is -2.26. The van der Waals surface area contributed by atoms with Gasteiger partial charge < -0.3 is 10.1 Å². The van der Waals surface area contributed by atoms with E-state index in [4.69, 9.17) is 16.3 Å². The molecule has 32 heavy (non-hydrogen) atoms. The minimum absolute atomic E-state index is 0.0650. The summed E-state index contributed by atoms with van der Waals surface area (Å²) in [6.07, 6.45) is 1.71. The number of nitrogens with one attached hydrogen (secondary N) is 2. The molecule has 0 aromatic heterocycles. The molecule has 8 nitrogen and oxygen atoms in total. The fraction of sp³-hybridized carbons (Fsp3) is 0.304. The number of fused-ring (bicyclic) bond motifs is 1. The van der Waals surface area contributed by atoms with Crippen LogP contribution in [-0.2, 0) is 4.79 Å². The molecule has 2 aromatic carbocycles. The molecule has 2 aromatic rings. The Morgan fingerprint density at radius 2 is 1.97 bits per heavy atom. The third kappa shape index (κ3) is 4.31. The Labute approximate surface area is 190 Å². The molecule has 1 fully saturated rings. The second kappa shape index (κ2) is 8.63. The Hall–Kier alpha value is -3.39. The van der Waals surface area contributed by atoms with Gasteiger partial charge in [-0.05, 0) is 30.9 Å². The van der Waals surface area contributed by atoms with Crippen molar-refractivity contribution in [1.29, 1.82) is 0 Å². The van der Waals surface area contributed by atoms with Crippen LogP contribution >= 0.6 is 11.6 Å². The van der Waals surface area contributed by atoms with Crippen LogP contribution in [0.5, 0.6) is 5.75 Å². The average Bonchev–Trinajstić information content (AvgIpc) is 3.53. The molecule has 2 N–H and O–H groups in total. The van der Waals surface area contributed by atoms with Gasteiger partial charge in [0.15, 0.2) is 5.84 Å². The highest BCUT2D eigenvalue weighted by molar-refractivity contribution is 6.34. The number of amides is 2. The first-order chi connectivity index (χ1) is 15.6. The number of nitrogens with zero attached hydrogens (tertiary/aromatic N) is 3. The summed E-state index contributed by atoms with van der Waals surface area (Å²) < 4.78 is 5.89. The van der Waals surface area contributed by atoms with Crippen molar-refractivity contribution in [1.82, 2.24) is 15.8 Å². The van der Waals surface area contributed by atoms with E-state index in [9.17, 15) is 9.59 Å². The van der Waals surface area contributed by atoms with Gasteiger partial charge in [0.25, 0.3) is 5.91 Å². The van der Waals surface area contributed by atoms with Gasteiger partial charge >= 0.3 is 0 Å². The summed E-state index contributed by atoms with van der Waals surface area (Å²) in [7, 11) is 0. The smallest absolute Gasteiger partial charge is 0.256 e. The highest BCUT2D eigenvalue weighted by Crippen LogP contribution is 2.30. The number of halogens is 1. The lowest BCUT2D eigenvalue weighted by molar-refractivity contribution is -0.134. The van der Waals surface area contributed by atoms with Gasteiger partial charge in [-0.2, -0.15) is 0 Å². The standard InChI is InChI=1S/C23H22ClN5O3/c24-17-7-4-8-18(20(17)22(31)25-12-14-9-10-14)32-13-16-11-19(30)29-23(26-16)27-21(28-29)15-5-2-1-3-6-15/h1-8,14,23H,9-13H2,(H,25,31)(H,27,28). The van der Waals surface area contributed by atoms with E-state index in [0.717, 1.165) is 18.4 Å². The van der Waals surface area contributed by atoms with Crippen molar-refractivity contribution >= 4 is 35.0 Å². The summed E-state index contributed by atoms with van der Waals surface area (Å²) in [4.78, 5) is 34.4. The highest BCUT2D eigenvalue weighted by Gasteiger charge is 2.35. The molecule has 9 heteroatoms. The summed E-state index contributed by atoms with van der Waals surface area (Å²) in [5.41, 5.74) is 4.76. The van der Waals surface area contributed by atoms with Crippen molar-refractivity contribution in [3.8, 4) is 5.75 Å². The Balaban J connectivity index is 1.30. The van der Waals surface area contributed by atoms with Gasteiger partial charge in [0.05, 0.1) is 22.7 Å². The summed E-state index contributed by atoms with van der Waals surface area (Å²) in [5.74, 6) is 1.10. The maximum atomic E-state index is 12.6. The molecule has 2 aliphatic heterocycles. The number of rotatable bonds is 7. The number of ether oxygens (including phenoxy) is 1. The fourth-order valence-corrected chi connectivity index (χ4v) is 3.85. The number of hydrogen-bond acceptors (Lipinski definition) is 6. The lowest BCUT2D eigenvalue weighted by Crippen LogP contribution is -2.49. The first-order valence-corrected chi connectivity index (χ1v) is 10.9. The van der Waals surface area contributed by atoms with E-state index < -0.39 is 6.29 Å². The molecule has 3 aliphatic rings. The Morgan fingerprint density at radius 1 is 1.16 bits per heavy atom. The van der Waals surface area contributed by atoms with E-state index in [2.05, 4.69) is 20.7 Å². The molecular formula is C23H22ClN5O3. The zero-order chi connectivity index (χ0) is 22.1. The first kappa shape index (κ1) is 20.5. The molecule has 164 valence electrons. The third-order valence-electron chi connectivity index (χ3n) is 5.52. The van der Waals surface area contributed by atoms with Gasteiger partial charge in [-0.25, -0.2) is 15.0 Å². The lowest BCUT2D eigenvalue weighted by atomic mass is 10.1. The zero-order valence-electron chi connectivity index (χ0n) is 17.3. The Morgan fingerprint density at radius 3 is 2.75 bits per heavy atom. The molecule has 0 radical (unpaired) electrons. The highest BCUT2D eigenvalue weighted by atomic mass is 35.5. The van der Waals surface area contributed by atoms with Crippen molar-refractivity contribution in [2.24, 2.45) is 15.9 Å². The summed E-state index contributed by atoms with van der Waals surface area (Å²) >= 11 is 6.29. The number of amidine groups is 1. The number of benzene rings is 2. The molecule has 1 unspecified atom stereocenters. The predicted octanol–water partition coefficient (Wildman–Crippen LogP) is 2.78. The van der Waals surface area contributed by atoms with E-state index in [1.54, 1.807) is 18.2 Å². The quantitative estimate of drug-likeness (QED) is 0.676.